The molecule has 0 unspecified atom stereocenters. The Morgan fingerprint density at radius 2 is 1.79 bits per heavy atom. The van der Waals surface area contributed by atoms with E-state index in [4.69, 9.17) is 9.78 Å². The van der Waals surface area contributed by atoms with Crippen molar-refractivity contribution in [3.8, 4) is 0 Å². The van der Waals surface area contributed by atoms with Crippen molar-refractivity contribution < 1.29 is 44.9 Å². The van der Waals surface area contributed by atoms with Gasteiger partial charge in [0.05, 0.1) is 24.0 Å². The van der Waals surface area contributed by atoms with Gasteiger partial charge >= 0.3 is 0 Å². The van der Waals surface area contributed by atoms with E-state index in [2.05, 4.69) is 0 Å². The summed E-state index contributed by atoms with van der Waals surface area (Å²) in [7, 11) is 0. The minimum atomic E-state index is -2.37. The average Bonchev–Trinajstić information content (AvgIpc) is 2.85. The Kier molecular flexibility index (Phi) is 4.31. The monoisotopic (exact) mass is 412 g/mol. The second-order valence-corrected chi connectivity index (χ2v) is 9.66. The standard InChI is InChI=1S/C20H28O9/c1-8-5-11-18(25,16(8)24)6-10(7-21)20(27)15-12(17(3,4)28-29-20)14(23)13(22)9(2)19(11,15)26/h5,9-13,15,21-22,25-27H,6-7H2,1-4H3/t9-,10+,11+,12+,13+,15+,18+,19+,20-/m0/s1. The highest BCUT2D eigenvalue weighted by atomic mass is 17.2. The minimum Gasteiger partial charge on any atom is -0.396 e. The predicted octanol–water partition coefficient (Wildman–Crippen LogP) is -1.15. The summed E-state index contributed by atoms with van der Waals surface area (Å²) in [4.78, 5) is 36.6. The van der Waals surface area contributed by atoms with Crippen molar-refractivity contribution in [2.24, 2.45) is 29.6 Å². The maximum atomic E-state index is 13.1. The molecule has 1 heterocycles. The normalized spacial score (nSPS) is 53.8. The molecule has 0 aromatic carbocycles. The van der Waals surface area contributed by atoms with Crippen LogP contribution in [0.1, 0.15) is 34.1 Å². The summed E-state index contributed by atoms with van der Waals surface area (Å²) < 4.78 is 0. The van der Waals surface area contributed by atoms with Crippen molar-refractivity contribution in [3.63, 3.8) is 0 Å². The van der Waals surface area contributed by atoms with Gasteiger partial charge in [0.25, 0.3) is 0 Å². The van der Waals surface area contributed by atoms with E-state index >= 15 is 0 Å². The lowest BCUT2D eigenvalue weighted by atomic mass is 9.51. The highest BCUT2D eigenvalue weighted by molar-refractivity contribution is 6.04. The molecule has 4 rings (SSSR count). The molecular formula is C20H28O9. The quantitative estimate of drug-likeness (QED) is 0.336. The Bertz CT molecular complexity index is 806. The zero-order valence-electron chi connectivity index (χ0n) is 16.8. The van der Waals surface area contributed by atoms with Gasteiger partial charge in [0.1, 0.15) is 17.3 Å². The van der Waals surface area contributed by atoms with Gasteiger partial charge in [-0.05, 0) is 32.8 Å². The number of carbonyl (C=O) groups is 2. The number of fused-ring (bicyclic) bond motifs is 2. The van der Waals surface area contributed by atoms with Gasteiger partial charge in [0.2, 0.25) is 5.79 Å². The number of Topliss-reactive ketones (excluding diaryl/α,β-unsaturated/α-hetero) is 2. The maximum Gasteiger partial charge on any atom is 0.210 e. The van der Waals surface area contributed by atoms with Crippen LogP contribution >= 0.6 is 0 Å². The highest BCUT2D eigenvalue weighted by Gasteiger charge is 2.78. The number of hydrogen-bond acceptors (Lipinski definition) is 9. The van der Waals surface area contributed by atoms with Gasteiger partial charge in [0, 0.05) is 17.8 Å². The lowest BCUT2D eigenvalue weighted by molar-refractivity contribution is -0.529. The average molecular weight is 412 g/mol. The van der Waals surface area contributed by atoms with Gasteiger partial charge in [0.15, 0.2) is 11.6 Å². The van der Waals surface area contributed by atoms with E-state index in [9.17, 15) is 35.1 Å². The molecule has 0 aromatic heterocycles. The van der Waals surface area contributed by atoms with Crippen LogP contribution in [0, 0.1) is 29.6 Å². The molecule has 0 bridgehead atoms. The van der Waals surface area contributed by atoms with Gasteiger partial charge in [-0.1, -0.05) is 13.0 Å². The van der Waals surface area contributed by atoms with E-state index in [0.29, 0.717) is 0 Å². The molecule has 2 saturated carbocycles. The van der Waals surface area contributed by atoms with E-state index in [1.54, 1.807) is 0 Å². The molecule has 9 atom stereocenters. The number of carbonyl (C=O) groups excluding carboxylic acids is 2. The second kappa shape index (κ2) is 5.94. The lowest BCUT2D eigenvalue weighted by Gasteiger charge is -2.61. The molecule has 0 spiro atoms. The molecule has 1 saturated heterocycles. The molecule has 0 radical (unpaired) electrons. The Morgan fingerprint density at radius 3 is 2.38 bits per heavy atom. The summed E-state index contributed by atoms with van der Waals surface area (Å²) >= 11 is 0. The molecular weight excluding hydrogens is 384 g/mol. The van der Waals surface area contributed by atoms with Crippen molar-refractivity contribution in [1.29, 1.82) is 0 Å². The molecule has 0 aromatic rings. The van der Waals surface area contributed by atoms with E-state index in [1.165, 1.54) is 33.8 Å². The van der Waals surface area contributed by atoms with E-state index in [1.807, 2.05) is 0 Å². The van der Waals surface area contributed by atoms with Crippen molar-refractivity contribution in [2.45, 2.75) is 62.8 Å². The van der Waals surface area contributed by atoms with Gasteiger partial charge in [-0.15, -0.1) is 0 Å². The number of aliphatic hydroxyl groups excluding tert-OH is 2. The fraction of sp³-hybridized carbons (Fsp3) is 0.800. The van der Waals surface area contributed by atoms with Crippen LogP contribution < -0.4 is 0 Å². The summed E-state index contributed by atoms with van der Waals surface area (Å²) in [5.41, 5.74) is -5.33. The largest absolute Gasteiger partial charge is 0.396 e. The summed E-state index contributed by atoms with van der Waals surface area (Å²) in [6.07, 6.45) is -0.587. The van der Waals surface area contributed by atoms with Gasteiger partial charge < -0.3 is 25.5 Å². The Hall–Kier alpha value is -1.20. The fourth-order valence-corrected chi connectivity index (χ4v) is 6.19. The molecule has 4 aliphatic rings. The van der Waals surface area contributed by atoms with Crippen molar-refractivity contribution in [3.05, 3.63) is 11.6 Å². The number of hydrogen-bond donors (Lipinski definition) is 5. The Labute approximate surface area is 167 Å². The lowest BCUT2D eigenvalue weighted by Crippen LogP contribution is -2.76. The predicted molar refractivity (Wildman–Crippen MR) is 95.7 cm³/mol. The third kappa shape index (κ3) is 2.29. The molecule has 0 amide bonds. The van der Waals surface area contributed by atoms with Crippen LogP contribution in [0.15, 0.2) is 11.6 Å². The van der Waals surface area contributed by atoms with E-state index < -0.39 is 82.9 Å². The summed E-state index contributed by atoms with van der Waals surface area (Å²) in [6.45, 7) is 5.32. The van der Waals surface area contributed by atoms with Crippen LogP contribution in [0.2, 0.25) is 0 Å². The highest BCUT2D eigenvalue weighted by Crippen LogP contribution is 2.63. The number of rotatable bonds is 1. The van der Waals surface area contributed by atoms with Gasteiger partial charge in [-0.25, -0.2) is 4.89 Å². The summed E-state index contributed by atoms with van der Waals surface area (Å²) in [6, 6.07) is 0. The van der Waals surface area contributed by atoms with Crippen LogP contribution in [0.5, 0.6) is 0 Å². The summed E-state index contributed by atoms with van der Waals surface area (Å²) in [5.74, 6) is -9.79. The third-order valence-corrected chi connectivity index (χ3v) is 7.76. The van der Waals surface area contributed by atoms with Gasteiger partial charge in [-0.3, -0.25) is 9.59 Å². The number of aliphatic hydroxyl groups is 5. The van der Waals surface area contributed by atoms with Crippen LogP contribution in [0.4, 0.5) is 0 Å². The van der Waals surface area contributed by atoms with Crippen molar-refractivity contribution in [1.82, 2.24) is 0 Å². The molecule has 29 heavy (non-hydrogen) atoms. The molecule has 3 fully saturated rings. The first-order chi connectivity index (χ1) is 13.3. The van der Waals surface area contributed by atoms with E-state index in [-0.39, 0.29) is 5.57 Å². The van der Waals surface area contributed by atoms with Crippen LogP contribution in [-0.4, -0.2) is 72.4 Å². The molecule has 5 N–H and O–H groups in total. The zero-order chi connectivity index (χ0) is 21.7. The third-order valence-electron chi connectivity index (χ3n) is 7.76. The SMILES string of the molecule is CC1=C[C@H]2[C@]3(O)[C@@H](C)[C@@H](O)C(=O)[C@@H]4[C@H]3[C@@](O)(OOC4(C)C)[C@@H](CO)C[C@]2(O)C1=O. The first-order valence-corrected chi connectivity index (χ1v) is 9.86. The van der Waals surface area contributed by atoms with E-state index in [0.717, 1.165) is 0 Å². The first kappa shape index (κ1) is 21.0. The molecule has 162 valence electrons. The molecule has 9 nitrogen and oxygen atoms in total. The fourth-order valence-electron chi connectivity index (χ4n) is 6.19. The molecule has 3 aliphatic carbocycles. The van der Waals surface area contributed by atoms with Crippen molar-refractivity contribution in [2.75, 3.05) is 6.61 Å². The van der Waals surface area contributed by atoms with Gasteiger partial charge in [-0.2, -0.15) is 4.89 Å². The maximum absolute atomic E-state index is 13.1. The molecule has 1 aliphatic heterocycles. The topological polar surface area (TPSA) is 154 Å². The van der Waals surface area contributed by atoms with Crippen LogP contribution in [-0.2, 0) is 19.4 Å². The minimum absolute atomic E-state index is 0.232. The Morgan fingerprint density at radius 1 is 1.17 bits per heavy atom. The summed E-state index contributed by atoms with van der Waals surface area (Å²) in [5, 5.41) is 55.7. The second-order valence-electron chi connectivity index (χ2n) is 9.66. The smallest absolute Gasteiger partial charge is 0.210 e. The van der Waals surface area contributed by atoms with Crippen LogP contribution in [0.3, 0.4) is 0 Å². The zero-order valence-corrected chi connectivity index (χ0v) is 16.8. The van der Waals surface area contributed by atoms with Crippen molar-refractivity contribution >= 4 is 11.6 Å². The number of ketones is 2. The Balaban J connectivity index is 2.05. The first-order valence-electron chi connectivity index (χ1n) is 9.86. The molecule has 9 heteroatoms. The van der Waals surface area contributed by atoms with Crippen LogP contribution in [0.25, 0.3) is 0 Å².